The fourth-order valence-corrected chi connectivity index (χ4v) is 2.73. The molecule has 0 radical (unpaired) electrons. The Hall–Kier alpha value is -2.87. The molecule has 0 saturated heterocycles. The molecule has 2 aromatic heterocycles. The largest absolute Gasteiger partial charge is 0.412 e. The molecule has 1 N–H and O–H groups in total. The van der Waals surface area contributed by atoms with Crippen LogP contribution in [0.25, 0.3) is 11.7 Å². The molecule has 27 heavy (non-hydrogen) atoms. The van der Waals surface area contributed by atoms with Crippen molar-refractivity contribution in [3.05, 3.63) is 77.0 Å². The third-order valence-corrected chi connectivity index (χ3v) is 4.01. The molecule has 2 heterocycles. The van der Waals surface area contributed by atoms with Crippen LogP contribution in [0.15, 0.2) is 54.7 Å². The summed E-state index contributed by atoms with van der Waals surface area (Å²) in [5.41, 5.74) is 0.605. The molecule has 0 aliphatic carbocycles. The fourth-order valence-electron chi connectivity index (χ4n) is 2.49. The lowest BCUT2D eigenvalue weighted by Crippen LogP contribution is -2.37. The Bertz CT molecular complexity index is 996. The normalized spacial score (nSPS) is 13.2. The summed E-state index contributed by atoms with van der Waals surface area (Å²) >= 11 is 6.01. The van der Waals surface area contributed by atoms with Crippen LogP contribution in [0.3, 0.4) is 0 Å². The molecular formula is C18H12ClF4N3O. The van der Waals surface area contributed by atoms with Gasteiger partial charge in [-0.1, -0.05) is 29.8 Å². The molecule has 0 aliphatic rings. The lowest BCUT2D eigenvalue weighted by molar-refractivity contribution is -0.162. The van der Waals surface area contributed by atoms with Gasteiger partial charge in [-0.2, -0.15) is 13.2 Å². The van der Waals surface area contributed by atoms with Crippen LogP contribution in [0.5, 0.6) is 0 Å². The Morgan fingerprint density at radius 3 is 2.56 bits per heavy atom. The van der Waals surface area contributed by atoms with E-state index in [2.05, 4.69) is 4.98 Å². The molecule has 3 rings (SSSR count). The summed E-state index contributed by atoms with van der Waals surface area (Å²) in [6, 6.07) is 6.62. The quantitative estimate of drug-likeness (QED) is 0.518. The van der Waals surface area contributed by atoms with E-state index in [1.54, 1.807) is 28.8 Å². The smallest absolute Gasteiger partial charge is 0.337 e. The van der Waals surface area contributed by atoms with Gasteiger partial charge in [-0.25, -0.2) is 9.37 Å². The number of halogens is 5. The summed E-state index contributed by atoms with van der Waals surface area (Å²) in [5.74, 6) is -1.66. The Morgan fingerprint density at radius 2 is 1.89 bits per heavy atom. The number of hydrogen-bond donors (Lipinski definition) is 1. The van der Waals surface area contributed by atoms with Crippen molar-refractivity contribution in [3.63, 3.8) is 0 Å². The number of imidazole rings is 1. The average Bonchev–Trinajstić information content (AvgIpc) is 2.93. The number of carbonyl (C=O) groups is 1. The first-order valence-corrected chi connectivity index (χ1v) is 8.07. The minimum atomic E-state index is -4.75. The van der Waals surface area contributed by atoms with E-state index in [0.717, 1.165) is 30.3 Å². The highest BCUT2D eigenvalue weighted by Gasteiger charge is 2.41. The van der Waals surface area contributed by atoms with Gasteiger partial charge in [0.05, 0.1) is 5.69 Å². The summed E-state index contributed by atoms with van der Waals surface area (Å²) < 4.78 is 54.4. The van der Waals surface area contributed by atoms with Crippen LogP contribution in [0.1, 0.15) is 17.3 Å². The lowest BCUT2D eigenvalue weighted by atomic mass is 10.1. The molecule has 9 heteroatoms. The molecule has 140 valence electrons. The maximum absolute atomic E-state index is 13.3. The van der Waals surface area contributed by atoms with Crippen molar-refractivity contribution in [1.29, 1.82) is 0 Å². The van der Waals surface area contributed by atoms with Crippen LogP contribution >= 0.6 is 11.6 Å². The van der Waals surface area contributed by atoms with Crippen molar-refractivity contribution in [2.75, 3.05) is 0 Å². The average molecular weight is 398 g/mol. The summed E-state index contributed by atoms with van der Waals surface area (Å²) in [5, 5.41) is 1.98. The minimum Gasteiger partial charge on any atom is -0.337 e. The van der Waals surface area contributed by atoms with Crippen LogP contribution in [0, 0.1) is 5.82 Å². The third-order valence-electron chi connectivity index (χ3n) is 3.73. The van der Waals surface area contributed by atoms with Crippen molar-refractivity contribution < 1.29 is 22.4 Å². The second-order valence-electron chi connectivity index (χ2n) is 5.58. The van der Waals surface area contributed by atoms with Crippen molar-refractivity contribution in [2.24, 2.45) is 0 Å². The zero-order valence-corrected chi connectivity index (χ0v) is 14.3. The zero-order chi connectivity index (χ0) is 19.6. The first-order valence-electron chi connectivity index (χ1n) is 7.69. The number of carbonyl (C=O) groups excluding carboxylic acids is 1. The Kier molecular flexibility index (Phi) is 5.18. The van der Waals surface area contributed by atoms with Crippen molar-refractivity contribution in [2.45, 2.75) is 12.2 Å². The van der Waals surface area contributed by atoms with E-state index in [4.69, 9.17) is 11.6 Å². The predicted octanol–water partition coefficient (Wildman–Crippen LogP) is 4.56. The van der Waals surface area contributed by atoms with Crippen molar-refractivity contribution in [3.8, 4) is 0 Å². The van der Waals surface area contributed by atoms with E-state index in [1.165, 1.54) is 6.08 Å². The number of hydrogen-bond acceptors (Lipinski definition) is 2. The molecule has 0 fully saturated rings. The number of aromatic nitrogens is 2. The van der Waals surface area contributed by atoms with Gasteiger partial charge in [0.2, 0.25) is 5.91 Å². The summed E-state index contributed by atoms with van der Waals surface area (Å²) in [6.45, 7) is 0. The van der Waals surface area contributed by atoms with Gasteiger partial charge in [-0.05, 0) is 35.9 Å². The Morgan fingerprint density at radius 1 is 1.19 bits per heavy atom. The van der Waals surface area contributed by atoms with Gasteiger partial charge in [-0.3, -0.25) is 9.20 Å². The summed E-state index contributed by atoms with van der Waals surface area (Å²) in [6.07, 6.45) is -0.883. The number of pyridine rings is 1. The van der Waals surface area contributed by atoms with Crippen molar-refractivity contribution in [1.82, 2.24) is 14.7 Å². The summed E-state index contributed by atoms with van der Waals surface area (Å²) in [7, 11) is 0. The molecule has 0 aliphatic heterocycles. The van der Waals surface area contributed by atoms with Gasteiger partial charge in [0.25, 0.3) is 0 Å². The van der Waals surface area contributed by atoms with E-state index in [-0.39, 0.29) is 10.7 Å². The number of fused-ring (bicyclic) bond motifs is 1. The van der Waals surface area contributed by atoms with E-state index >= 15 is 0 Å². The number of rotatable bonds is 4. The van der Waals surface area contributed by atoms with Gasteiger partial charge in [0, 0.05) is 12.3 Å². The maximum Gasteiger partial charge on any atom is 0.412 e. The van der Waals surface area contributed by atoms with Crippen LogP contribution in [0.2, 0.25) is 5.15 Å². The van der Waals surface area contributed by atoms with Crippen molar-refractivity contribution >= 4 is 29.2 Å². The van der Waals surface area contributed by atoms with E-state index in [9.17, 15) is 22.4 Å². The molecule has 1 amide bonds. The highest BCUT2D eigenvalue weighted by molar-refractivity contribution is 6.31. The third kappa shape index (κ3) is 4.28. The number of alkyl halides is 3. The van der Waals surface area contributed by atoms with Crippen LogP contribution in [-0.2, 0) is 4.79 Å². The molecule has 4 nitrogen and oxygen atoms in total. The van der Waals surface area contributed by atoms with Crippen LogP contribution in [-0.4, -0.2) is 21.5 Å². The van der Waals surface area contributed by atoms with Gasteiger partial charge in [0.1, 0.15) is 11.5 Å². The highest BCUT2D eigenvalue weighted by Crippen LogP contribution is 2.32. The predicted molar refractivity (Wildman–Crippen MR) is 92.6 cm³/mol. The SMILES string of the molecule is O=C(/C=C/c1c(Cl)nc2ccccn12)NC(c1ccc(F)cc1)C(F)(F)F. The van der Waals surface area contributed by atoms with Gasteiger partial charge >= 0.3 is 6.18 Å². The molecular weight excluding hydrogens is 386 g/mol. The second-order valence-corrected chi connectivity index (χ2v) is 5.94. The first kappa shape index (κ1) is 18.9. The number of nitrogens with one attached hydrogen (secondary N) is 1. The molecule has 1 atom stereocenters. The van der Waals surface area contributed by atoms with Crippen LogP contribution < -0.4 is 5.32 Å². The molecule has 0 saturated carbocycles. The molecule has 1 unspecified atom stereocenters. The minimum absolute atomic E-state index is 0.108. The number of amides is 1. The molecule has 1 aromatic carbocycles. The monoisotopic (exact) mass is 397 g/mol. The van der Waals surface area contributed by atoms with Crippen LogP contribution in [0.4, 0.5) is 17.6 Å². The maximum atomic E-state index is 13.3. The standard InChI is InChI=1S/C18H12ClF4N3O/c19-17-13(26-10-2-1-3-14(26)24-17)8-9-15(27)25-16(18(21,22)23)11-4-6-12(20)7-5-11/h1-10,16H,(H,25,27)/b9-8+. The Labute approximate surface area is 156 Å². The Balaban J connectivity index is 1.82. The molecule has 0 bridgehead atoms. The first-order chi connectivity index (χ1) is 12.8. The van der Waals surface area contributed by atoms with Gasteiger partial charge < -0.3 is 5.32 Å². The lowest BCUT2D eigenvalue weighted by Gasteiger charge is -2.21. The number of benzene rings is 1. The van der Waals surface area contributed by atoms with Gasteiger partial charge in [-0.15, -0.1) is 0 Å². The fraction of sp³-hybridized carbons (Fsp3) is 0.111. The molecule has 0 spiro atoms. The highest BCUT2D eigenvalue weighted by atomic mass is 35.5. The topological polar surface area (TPSA) is 46.4 Å². The summed E-state index contributed by atoms with van der Waals surface area (Å²) in [4.78, 5) is 16.1. The molecule has 3 aromatic rings. The van der Waals surface area contributed by atoms with Gasteiger partial charge in [0.15, 0.2) is 11.2 Å². The van der Waals surface area contributed by atoms with E-state index in [0.29, 0.717) is 11.3 Å². The van der Waals surface area contributed by atoms with E-state index in [1.807, 2.05) is 5.32 Å². The zero-order valence-electron chi connectivity index (χ0n) is 13.5. The second kappa shape index (κ2) is 7.40. The number of nitrogens with zero attached hydrogens (tertiary/aromatic N) is 2. The van der Waals surface area contributed by atoms with E-state index < -0.39 is 23.9 Å².